The summed E-state index contributed by atoms with van der Waals surface area (Å²) >= 11 is 0. The van der Waals surface area contributed by atoms with Crippen LogP contribution in [0, 0.1) is 19.8 Å². The van der Waals surface area contributed by atoms with Gasteiger partial charge >= 0.3 is 0 Å². The summed E-state index contributed by atoms with van der Waals surface area (Å²) in [5.74, 6) is 0.295. The molecule has 0 unspecified atom stereocenters. The largest absolute Gasteiger partial charge is 0.337 e. The Morgan fingerprint density at radius 1 is 1.06 bits per heavy atom. The number of hydrogen-bond donors (Lipinski definition) is 1. The quantitative estimate of drug-likeness (QED) is 0.545. The molecule has 180 valence electrons. The van der Waals surface area contributed by atoms with Gasteiger partial charge < -0.3 is 9.42 Å². The van der Waals surface area contributed by atoms with Gasteiger partial charge in [-0.05, 0) is 44.7 Å². The maximum absolute atomic E-state index is 13.6. The molecular weight excluding hydrogens is 452 g/mol. The molecule has 34 heavy (non-hydrogen) atoms. The van der Waals surface area contributed by atoms with Gasteiger partial charge in [0.2, 0.25) is 27.6 Å². The van der Waals surface area contributed by atoms with Crippen LogP contribution in [-0.2, 0) is 14.8 Å². The summed E-state index contributed by atoms with van der Waals surface area (Å²) in [4.78, 5) is 19.9. The fraction of sp³-hybridized carbons (Fsp3) is 0.400. The summed E-state index contributed by atoms with van der Waals surface area (Å²) in [6.45, 7) is 8.05. The van der Waals surface area contributed by atoms with E-state index in [9.17, 15) is 13.2 Å². The van der Waals surface area contributed by atoms with Crippen LogP contribution in [0.2, 0.25) is 0 Å². The molecule has 1 saturated heterocycles. The van der Waals surface area contributed by atoms with Gasteiger partial charge in [-0.3, -0.25) is 4.79 Å². The molecule has 0 saturated carbocycles. The van der Waals surface area contributed by atoms with Crippen LogP contribution in [0.5, 0.6) is 0 Å². The number of likely N-dealkylation sites (tertiary alicyclic amines) is 1. The second-order valence-electron chi connectivity index (χ2n) is 9.17. The number of benzene rings is 2. The molecule has 0 spiro atoms. The third-order valence-corrected chi connectivity index (χ3v) is 7.58. The van der Waals surface area contributed by atoms with Crippen LogP contribution < -0.4 is 4.72 Å². The van der Waals surface area contributed by atoms with Gasteiger partial charge in [0.1, 0.15) is 12.1 Å². The summed E-state index contributed by atoms with van der Waals surface area (Å²) in [5, 5.41) is 4.11. The molecular formula is C25H30N4O4S. The predicted molar refractivity (Wildman–Crippen MR) is 128 cm³/mol. The first kappa shape index (κ1) is 24.1. The molecule has 0 radical (unpaired) electrons. The minimum atomic E-state index is -3.86. The third kappa shape index (κ3) is 5.05. The van der Waals surface area contributed by atoms with Crippen molar-refractivity contribution < 1.29 is 17.7 Å². The Hall–Kier alpha value is -3.04. The maximum Gasteiger partial charge on any atom is 0.249 e. The van der Waals surface area contributed by atoms with Crippen molar-refractivity contribution in [1.82, 2.24) is 19.8 Å². The third-order valence-electron chi connectivity index (χ3n) is 6.12. The number of carbonyl (C=O) groups is 1. The van der Waals surface area contributed by atoms with Crippen LogP contribution >= 0.6 is 0 Å². The SMILES string of the molecule is Cc1ccc(-c2noc([C@H]3CCCN3C(=O)[C@@H](NS(=O)(=O)c3ccc(C)cc3)C(C)C)n2)cc1. The zero-order valence-corrected chi connectivity index (χ0v) is 20.7. The predicted octanol–water partition coefficient (Wildman–Crippen LogP) is 4.02. The van der Waals surface area contributed by atoms with Crippen LogP contribution in [0.15, 0.2) is 57.9 Å². The molecule has 3 aromatic rings. The normalized spacial score (nSPS) is 17.3. The lowest BCUT2D eigenvalue weighted by molar-refractivity contribution is -0.135. The highest BCUT2D eigenvalue weighted by Gasteiger charge is 2.39. The van der Waals surface area contributed by atoms with Crippen LogP contribution in [0.1, 0.15) is 49.7 Å². The minimum absolute atomic E-state index is 0.133. The Morgan fingerprint density at radius 2 is 1.68 bits per heavy atom. The number of sulfonamides is 1. The Kier molecular flexibility index (Phi) is 6.86. The Labute approximate surface area is 200 Å². The number of hydrogen-bond acceptors (Lipinski definition) is 6. The smallest absolute Gasteiger partial charge is 0.249 e. The second-order valence-corrected chi connectivity index (χ2v) is 10.9. The Morgan fingerprint density at radius 3 is 2.29 bits per heavy atom. The van der Waals surface area contributed by atoms with E-state index in [4.69, 9.17) is 4.52 Å². The number of aromatic nitrogens is 2. The highest BCUT2D eigenvalue weighted by atomic mass is 32.2. The summed E-state index contributed by atoms with van der Waals surface area (Å²) in [6, 6.07) is 13.1. The van der Waals surface area contributed by atoms with Gasteiger partial charge in [0, 0.05) is 12.1 Å². The van der Waals surface area contributed by atoms with Crippen LogP contribution in [0.25, 0.3) is 11.4 Å². The van der Waals surface area contributed by atoms with Crippen molar-refractivity contribution in [2.75, 3.05) is 6.54 Å². The molecule has 1 aromatic heterocycles. The number of rotatable bonds is 7. The number of carbonyl (C=O) groups excluding carboxylic acids is 1. The molecule has 1 N–H and O–H groups in total. The van der Waals surface area contributed by atoms with Crippen LogP contribution in [0.4, 0.5) is 0 Å². The van der Waals surface area contributed by atoms with Crippen molar-refractivity contribution in [3.05, 3.63) is 65.5 Å². The first-order valence-corrected chi connectivity index (χ1v) is 12.9. The standard InChI is InChI=1S/C25H30N4O4S/c1-16(2)22(28-34(31,32)20-13-9-18(4)10-14-20)25(30)29-15-5-6-21(29)24-26-23(27-33-24)19-11-7-17(3)8-12-19/h7-14,16,21-22,28H,5-6,15H2,1-4H3/t21-,22+/m1/s1. The number of nitrogens with zero attached hydrogens (tertiary/aromatic N) is 3. The maximum atomic E-state index is 13.6. The zero-order valence-electron chi connectivity index (χ0n) is 19.9. The number of aryl methyl sites for hydroxylation is 2. The molecule has 2 heterocycles. The molecule has 1 aliphatic rings. The molecule has 9 heteroatoms. The molecule has 4 rings (SSSR count). The van der Waals surface area contributed by atoms with Crippen molar-refractivity contribution in [2.24, 2.45) is 5.92 Å². The van der Waals surface area contributed by atoms with E-state index in [0.29, 0.717) is 24.7 Å². The fourth-order valence-electron chi connectivity index (χ4n) is 4.08. The van der Waals surface area contributed by atoms with Gasteiger partial charge in [-0.15, -0.1) is 0 Å². The molecule has 1 aliphatic heterocycles. The van der Waals surface area contributed by atoms with E-state index in [1.165, 1.54) is 0 Å². The van der Waals surface area contributed by atoms with Crippen molar-refractivity contribution in [2.45, 2.75) is 57.5 Å². The van der Waals surface area contributed by atoms with Crippen molar-refractivity contribution >= 4 is 15.9 Å². The van der Waals surface area contributed by atoms with E-state index in [-0.39, 0.29) is 22.8 Å². The summed E-state index contributed by atoms with van der Waals surface area (Å²) in [7, 11) is -3.86. The molecule has 1 fully saturated rings. The Bertz CT molecular complexity index is 1250. The van der Waals surface area contributed by atoms with Crippen molar-refractivity contribution in [3.8, 4) is 11.4 Å². The van der Waals surface area contributed by atoms with Gasteiger partial charge in [0.15, 0.2) is 0 Å². The lowest BCUT2D eigenvalue weighted by atomic mass is 10.0. The highest BCUT2D eigenvalue weighted by Crippen LogP contribution is 2.33. The Balaban J connectivity index is 1.55. The molecule has 0 aliphatic carbocycles. The average Bonchev–Trinajstić information content (AvgIpc) is 3.47. The summed E-state index contributed by atoms with van der Waals surface area (Å²) < 4.78 is 34.2. The lowest BCUT2D eigenvalue weighted by Crippen LogP contribution is -2.50. The van der Waals surface area contributed by atoms with E-state index >= 15 is 0 Å². The highest BCUT2D eigenvalue weighted by molar-refractivity contribution is 7.89. The number of amides is 1. The molecule has 2 atom stereocenters. The minimum Gasteiger partial charge on any atom is -0.337 e. The van der Waals surface area contributed by atoms with Crippen molar-refractivity contribution in [3.63, 3.8) is 0 Å². The monoisotopic (exact) mass is 482 g/mol. The zero-order chi connectivity index (χ0) is 24.5. The molecule has 8 nitrogen and oxygen atoms in total. The second kappa shape index (κ2) is 9.68. The molecule has 1 amide bonds. The van der Waals surface area contributed by atoms with Gasteiger partial charge in [-0.1, -0.05) is 66.5 Å². The summed E-state index contributed by atoms with van der Waals surface area (Å²) in [5.41, 5.74) is 2.93. The van der Waals surface area contributed by atoms with Crippen molar-refractivity contribution in [1.29, 1.82) is 0 Å². The molecule has 0 bridgehead atoms. The van der Waals surface area contributed by atoms with E-state index in [2.05, 4.69) is 14.9 Å². The topological polar surface area (TPSA) is 105 Å². The van der Waals surface area contributed by atoms with Crippen LogP contribution in [0.3, 0.4) is 0 Å². The van der Waals surface area contributed by atoms with Gasteiger partial charge in [0.05, 0.1) is 4.90 Å². The van der Waals surface area contributed by atoms with Gasteiger partial charge in [-0.2, -0.15) is 9.71 Å². The fourth-order valence-corrected chi connectivity index (χ4v) is 5.42. The summed E-state index contributed by atoms with van der Waals surface area (Å²) in [6.07, 6.45) is 1.45. The van der Waals surface area contributed by atoms with Gasteiger partial charge in [0.25, 0.3) is 0 Å². The van der Waals surface area contributed by atoms with Crippen LogP contribution in [-0.4, -0.2) is 42.0 Å². The first-order valence-electron chi connectivity index (χ1n) is 11.5. The number of nitrogens with one attached hydrogen (secondary N) is 1. The van der Waals surface area contributed by atoms with Gasteiger partial charge in [-0.25, -0.2) is 8.42 Å². The average molecular weight is 483 g/mol. The first-order chi connectivity index (χ1) is 16.2. The van der Waals surface area contributed by atoms with E-state index in [1.54, 1.807) is 29.2 Å². The van der Waals surface area contributed by atoms with E-state index in [0.717, 1.165) is 23.1 Å². The lowest BCUT2D eigenvalue weighted by Gasteiger charge is -2.29. The molecule has 2 aromatic carbocycles. The van der Waals surface area contributed by atoms with E-state index in [1.807, 2.05) is 52.0 Å². The van der Waals surface area contributed by atoms with E-state index < -0.39 is 16.1 Å².